The zero-order valence-corrected chi connectivity index (χ0v) is 16.3. The van der Waals surface area contributed by atoms with Crippen molar-refractivity contribution < 1.29 is 13.2 Å². The molecule has 0 aromatic heterocycles. The Labute approximate surface area is 156 Å². The summed E-state index contributed by atoms with van der Waals surface area (Å²) in [5.41, 5.74) is 2.09. The van der Waals surface area contributed by atoms with Crippen LogP contribution in [-0.2, 0) is 9.84 Å². The van der Waals surface area contributed by atoms with Gasteiger partial charge in [0.05, 0.1) is 10.6 Å². The third-order valence-corrected chi connectivity index (χ3v) is 6.19. The molecule has 5 heteroatoms. The van der Waals surface area contributed by atoms with Crippen molar-refractivity contribution in [1.82, 2.24) is 0 Å². The maximum atomic E-state index is 12.4. The van der Waals surface area contributed by atoms with Gasteiger partial charge in [0.1, 0.15) is 0 Å². The van der Waals surface area contributed by atoms with Gasteiger partial charge in [-0.05, 0) is 49.2 Å². The molecule has 0 saturated carbocycles. The predicted octanol–water partition coefficient (Wildman–Crippen LogP) is 4.99. The monoisotopic (exact) mass is 373 g/mol. The lowest BCUT2D eigenvalue weighted by molar-refractivity contribution is 0.102. The van der Waals surface area contributed by atoms with Crippen LogP contribution in [0.2, 0.25) is 0 Å². The van der Waals surface area contributed by atoms with Gasteiger partial charge in [-0.3, -0.25) is 4.79 Å². The van der Waals surface area contributed by atoms with Gasteiger partial charge in [-0.1, -0.05) is 50.8 Å². The summed E-state index contributed by atoms with van der Waals surface area (Å²) in [6.07, 6.45) is 5.00. The van der Waals surface area contributed by atoms with Gasteiger partial charge in [-0.15, -0.1) is 0 Å². The summed E-state index contributed by atoms with van der Waals surface area (Å²) in [5, 5.41) is 2.81. The van der Waals surface area contributed by atoms with Crippen molar-refractivity contribution in [1.29, 1.82) is 0 Å². The van der Waals surface area contributed by atoms with E-state index in [1.807, 2.05) is 25.1 Å². The van der Waals surface area contributed by atoms with Gasteiger partial charge in [-0.2, -0.15) is 0 Å². The molecule has 0 aliphatic carbocycles. The van der Waals surface area contributed by atoms with E-state index in [0.717, 1.165) is 31.2 Å². The number of amides is 1. The highest BCUT2D eigenvalue weighted by atomic mass is 32.2. The van der Waals surface area contributed by atoms with Crippen molar-refractivity contribution in [2.45, 2.75) is 50.8 Å². The van der Waals surface area contributed by atoms with Gasteiger partial charge in [-0.25, -0.2) is 8.42 Å². The molecule has 0 fully saturated rings. The lowest BCUT2D eigenvalue weighted by Gasteiger charge is -2.09. The minimum atomic E-state index is -3.26. The van der Waals surface area contributed by atoms with E-state index in [9.17, 15) is 13.2 Å². The molecular formula is C21H27NO3S. The van der Waals surface area contributed by atoms with Crippen LogP contribution in [0, 0.1) is 6.92 Å². The average Bonchev–Trinajstić information content (AvgIpc) is 2.62. The van der Waals surface area contributed by atoms with E-state index in [1.54, 1.807) is 30.3 Å². The fraction of sp³-hybridized carbons (Fsp3) is 0.381. The Morgan fingerprint density at radius 1 is 0.923 bits per heavy atom. The van der Waals surface area contributed by atoms with Crippen molar-refractivity contribution >= 4 is 21.4 Å². The summed E-state index contributed by atoms with van der Waals surface area (Å²) >= 11 is 0. The maximum Gasteiger partial charge on any atom is 0.255 e. The van der Waals surface area contributed by atoms with Crippen LogP contribution in [0.25, 0.3) is 0 Å². The number of hydrogen-bond donors (Lipinski definition) is 1. The molecule has 4 nitrogen and oxygen atoms in total. The molecule has 26 heavy (non-hydrogen) atoms. The van der Waals surface area contributed by atoms with Crippen molar-refractivity contribution in [2.75, 3.05) is 11.1 Å². The largest absolute Gasteiger partial charge is 0.322 e. The molecule has 0 heterocycles. The minimum absolute atomic E-state index is 0.172. The summed E-state index contributed by atoms with van der Waals surface area (Å²) in [6.45, 7) is 4.02. The van der Waals surface area contributed by atoms with Gasteiger partial charge in [0, 0.05) is 11.3 Å². The molecule has 0 atom stereocenters. The molecule has 0 bridgehead atoms. The Morgan fingerprint density at radius 3 is 2.23 bits per heavy atom. The van der Waals surface area contributed by atoms with Crippen molar-refractivity contribution in [3.63, 3.8) is 0 Å². The first-order chi connectivity index (χ1) is 12.4. The van der Waals surface area contributed by atoms with Gasteiger partial charge in [0.15, 0.2) is 9.84 Å². The van der Waals surface area contributed by atoms with E-state index in [2.05, 4.69) is 12.2 Å². The molecule has 0 spiro atoms. The number of carbonyl (C=O) groups excluding carboxylic acids is 1. The summed E-state index contributed by atoms with van der Waals surface area (Å²) < 4.78 is 24.8. The molecule has 140 valence electrons. The number of anilines is 1. The van der Waals surface area contributed by atoms with Crippen LogP contribution in [-0.4, -0.2) is 20.1 Å². The van der Waals surface area contributed by atoms with E-state index in [4.69, 9.17) is 0 Å². The summed E-state index contributed by atoms with van der Waals surface area (Å²) in [7, 11) is -3.26. The number of benzene rings is 2. The highest BCUT2D eigenvalue weighted by Crippen LogP contribution is 2.18. The zero-order chi connectivity index (χ0) is 19.0. The molecule has 0 radical (unpaired) electrons. The highest BCUT2D eigenvalue weighted by molar-refractivity contribution is 7.91. The van der Waals surface area contributed by atoms with Gasteiger partial charge in [0.2, 0.25) is 0 Å². The second kappa shape index (κ2) is 9.53. The first kappa shape index (κ1) is 20.2. The second-order valence-electron chi connectivity index (χ2n) is 6.53. The van der Waals surface area contributed by atoms with Crippen LogP contribution in [0.3, 0.4) is 0 Å². The van der Waals surface area contributed by atoms with Crippen LogP contribution in [0.5, 0.6) is 0 Å². The molecule has 1 N–H and O–H groups in total. The second-order valence-corrected chi connectivity index (χ2v) is 8.64. The summed E-state index contributed by atoms with van der Waals surface area (Å²) in [6, 6.07) is 13.8. The Hall–Kier alpha value is -2.14. The third-order valence-electron chi connectivity index (χ3n) is 4.38. The number of rotatable bonds is 9. The van der Waals surface area contributed by atoms with Crippen molar-refractivity contribution in [3.8, 4) is 0 Å². The smallest absolute Gasteiger partial charge is 0.255 e. The fourth-order valence-electron chi connectivity index (χ4n) is 2.79. The van der Waals surface area contributed by atoms with Crippen LogP contribution in [0.15, 0.2) is 53.4 Å². The van der Waals surface area contributed by atoms with E-state index >= 15 is 0 Å². The Balaban J connectivity index is 1.97. The topological polar surface area (TPSA) is 63.2 Å². The molecule has 0 unspecified atom stereocenters. The number of sulfone groups is 1. The van der Waals surface area contributed by atoms with Crippen LogP contribution < -0.4 is 5.32 Å². The number of hydrogen-bond acceptors (Lipinski definition) is 3. The van der Waals surface area contributed by atoms with Gasteiger partial charge < -0.3 is 5.32 Å². The predicted molar refractivity (Wildman–Crippen MR) is 106 cm³/mol. The van der Waals surface area contributed by atoms with E-state index < -0.39 is 9.84 Å². The van der Waals surface area contributed by atoms with Crippen molar-refractivity contribution in [2.24, 2.45) is 0 Å². The quantitative estimate of drug-likeness (QED) is 0.630. The average molecular weight is 374 g/mol. The standard InChI is InChI=1S/C21H27NO3S/c1-3-4-5-6-9-16-26(24,25)19-14-12-18(13-15-19)22-21(23)20-11-8-7-10-17(20)2/h7-8,10-15H,3-6,9,16H2,1-2H3,(H,22,23). The number of carbonyl (C=O) groups is 1. The lowest BCUT2D eigenvalue weighted by atomic mass is 10.1. The molecule has 1 amide bonds. The van der Waals surface area contributed by atoms with Crippen LogP contribution in [0.4, 0.5) is 5.69 Å². The van der Waals surface area contributed by atoms with E-state index in [0.29, 0.717) is 22.6 Å². The highest BCUT2D eigenvalue weighted by Gasteiger charge is 2.14. The first-order valence-electron chi connectivity index (χ1n) is 9.14. The fourth-order valence-corrected chi connectivity index (χ4v) is 4.16. The van der Waals surface area contributed by atoms with Gasteiger partial charge in [0.25, 0.3) is 5.91 Å². The Morgan fingerprint density at radius 2 is 1.58 bits per heavy atom. The number of aryl methyl sites for hydroxylation is 1. The normalized spacial score (nSPS) is 11.3. The van der Waals surface area contributed by atoms with Crippen molar-refractivity contribution in [3.05, 3.63) is 59.7 Å². The molecule has 0 saturated heterocycles. The number of unbranched alkanes of at least 4 members (excludes halogenated alkanes) is 4. The minimum Gasteiger partial charge on any atom is -0.322 e. The van der Waals surface area contributed by atoms with Gasteiger partial charge >= 0.3 is 0 Å². The lowest BCUT2D eigenvalue weighted by Crippen LogP contribution is -2.13. The van der Waals surface area contributed by atoms with E-state index in [-0.39, 0.29) is 11.7 Å². The first-order valence-corrected chi connectivity index (χ1v) is 10.8. The molecule has 2 aromatic carbocycles. The number of nitrogens with one attached hydrogen (secondary N) is 1. The molecular weight excluding hydrogens is 346 g/mol. The van der Waals surface area contributed by atoms with E-state index in [1.165, 1.54) is 0 Å². The van der Waals surface area contributed by atoms with Crippen LogP contribution in [0.1, 0.15) is 54.9 Å². The molecule has 0 aliphatic heterocycles. The summed E-state index contributed by atoms with van der Waals surface area (Å²) in [4.78, 5) is 12.6. The van der Waals surface area contributed by atoms with Crippen LogP contribution >= 0.6 is 0 Å². The SMILES string of the molecule is CCCCCCCS(=O)(=O)c1ccc(NC(=O)c2ccccc2C)cc1. The molecule has 0 aliphatic rings. The maximum absolute atomic E-state index is 12.4. The summed E-state index contributed by atoms with van der Waals surface area (Å²) in [5.74, 6) is -0.0272. The molecule has 2 aromatic rings. The zero-order valence-electron chi connectivity index (χ0n) is 15.5. The molecule has 2 rings (SSSR count). The third kappa shape index (κ3) is 5.70. The Kier molecular flexibility index (Phi) is 7.39. The Bertz CT molecular complexity index is 827.